The highest BCUT2D eigenvalue weighted by Gasteiger charge is 2.42. The maximum absolute atomic E-state index is 13.6. The highest BCUT2D eigenvalue weighted by Crippen LogP contribution is 2.43. The number of hydrogen-bond acceptors (Lipinski definition) is 5. The molecule has 224 valence electrons. The number of pyridine rings is 1. The fraction of sp³-hybridized carbons (Fsp3) is 0.462. The molecule has 0 saturated carbocycles. The van der Waals surface area contributed by atoms with Gasteiger partial charge >= 0.3 is 24.6 Å². The Morgan fingerprint density at radius 3 is 2.12 bits per heavy atom. The van der Waals surface area contributed by atoms with Crippen LogP contribution in [0.15, 0.2) is 42.7 Å². The molecule has 1 unspecified atom stereocenters. The summed E-state index contributed by atoms with van der Waals surface area (Å²) in [6, 6.07) is 1.36. The number of amides is 1. The number of aromatic nitrogens is 1. The second kappa shape index (κ2) is 11.1. The van der Waals surface area contributed by atoms with Crippen molar-refractivity contribution in [1.29, 1.82) is 0 Å². The minimum atomic E-state index is -5.15. The first-order valence-corrected chi connectivity index (χ1v) is 12.3. The summed E-state index contributed by atoms with van der Waals surface area (Å²) in [4.78, 5) is 19.2. The van der Waals surface area contributed by atoms with Crippen LogP contribution in [0.25, 0.3) is 0 Å². The first kappa shape index (κ1) is 30.5. The van der Waals surface area contributed by atoms with E-state index < -0.39 is 59.5 Å². The molecule has 0 N–H and O–H groups in total. The number of nitrogens with zero attached hydrogens (tertiary/aromatic N) is 3. The topological polar surface area (TPSA) is 54.9 Å². The van der Waals surface area contributed by atoms with Gasteiger partial charge in [0.25, 0.3) is 0 Å². The number of hydrogen-bond donors (Lipinski definition) is 0. The molecule has 1 amide bonds. The smallest absolute Gasteiger partial charge is 0.417 e. The first-order chi connectivity index (χ1) is 19.0. The lowest BCUT2D eigenvalue weighted by molar-refractivity contribution is -0.143. The number of rotatable bonds is 5. The third kappa shape index (κ3) is 6.71. The summed E-state index contributed by atoms with van der Waals surface area (Å²) in [6.45, 7) is 3.97. The van der Waals surface area contributed by atoms with Gasteiger partial charge in [0.05, 0.1) is 28.9 Å². The highest BCUT2D eigenvalue weighted by molar-refractivity contribution is 5.74. The standard InChI is InChI=1S/C26H24F9N3O3/c1-14-21(15-8-17(24(27,28)29)11-18(9-15)25(30,31)32)41-23(39)38(14)13-16-10-19(26(33,34)35)12-36-22(16)37(2)20-4-3-6-40-7-5-20/h8-12,20-21H,1,3-7,13H2,2H3/t20?,21-/m0/s1. The Morgan fingerprint density at radius 1 is 0.927 bits per heavy atom. The molecule has 2 saturated heterocycles. The first-order valence-electron chi connectivity index (χ1n) is 12.3. The van der Waals surface area contributed by atoms with Gasteiger partial charge in [-0.1, -0.05) is 6.58 Å². The molecular formula is C26H24F9N3O3. The van der Waals surface area contributed by atoms with E-state index in [4.69, 9.17) is 9.47 Å². The van der Waals surface area contributed by atoms with Crippen molar-refractivity contribution in [3.8, 4) is 0 Å². The van der Waals surface area contributed by atoms with Crippen LogP contribution < -0.4 is 4.90 Å². The van der Waals surface area contributed by atoms with Crippen LogP contribution in [-0.2, 0) is 34.5 Å². The SMILES string of the molecule is C=C1[C@@H](c2cc(C(F)(F)F)cc(C(F)(F)F)c2)OC(=O)N1Cc1cc(C(F)(F)F)cnc1N(C)C1CCCOCC1. The van der Waals surface area contributed by atoms with Crippen LogP contribution in [0.5, 0.6) is 0 Å². The molecule has 6 nitrogen and oxygen atoms in total. The molecule has 4 rings (SSSR count). The minimum Gasteiger partial charge on any atom is -0.434 e. The number of carbonyl (C=O) groups excluding carboxylic acids is 1. The average Bonchev–Trinajstić information content (AvgIpc) is 3.05. The lowest BCUT2D eigenvalue weighted by atomic mass is 9.99. The van der Waals surface area contributed by atoms with Crippen molar-refractivity contribution in [3.63, 3.8) is 0 Å². The number of ether oxygens (including phenoxy) is 2. The zero-order valence-corrected chi connectivity index (χ0v) is 21.5. The molecule has 0 spiro atoms. The predicted molar refractivity (Wildman–Crippen MR) is 126 cm³/mol. The Labute approximate surface area is 228 Å². The van der Waals surface area contributed by atoms with E-state index in [0.29, 0.717) is 50.8 Å². The van der Waals surface area contributed by atoms with Gasteiger partial charge in [-0.2, -0.15) is 39.5 Å². The average molecular weight is 597 g/mol. The van der Waals surface area contributed by atoms with Crippen molar-refractivity contribution in [2.45, 2.75) is 56.5 Å². The van der Waals surface area contributed by atoms with Crippen LogP contribution in [0, 0.1) is 0 Å². The van der Waals surface area contributed by atoms with E-state index in [-0.39, 0.29) is 29.2 Å². The summed E-state index contributed by atoms with van der Waals surface area (Å²) in [5, 5.41) is 0. The van der Waals surface area contributed by atoms with E-state index >= 15 is 0 Å². The summed E-state index contributed by atoms with van der Waals surface area (Å²) in [7, 11) is 1.62. The van der Waals surface area contributed by atoms with Gasteiger partial charge in [0.2, 0.25) is 0 Å². The molecule has 3 heterocycles. The zero-order chi connectivity index (χ0) is 30.3. The number of cyclic esters (lactones) is 1. The Hall–Kier alpha value is -3.49. The quantitative estimate of drug-likeness (QED) is 0.338. The third-order valence-electron chi connectivity index (χ3n) is 6.90. The molecular weight excluding hydrogens is 573 g/mol. The molecule has 2 atom stereocenters. The Kier molecular flexibility index (Phi) is 8.22. The second-order valence-electron chi connectivity index (χ2n) is 9.69. The minimum absolute atomic E-state index is 0.0736. The van der Waals surface area contributed by atoms with Crippen LogP contribution in [0.1, 0.15) is 53.2 Å². The van der Waals surface area contributed by atoms with Crippen molar-refractivity contribution >= 4 is 11.9 Å². The number of alkyl halides is 9. The predicted octanol–water partition coefficient (Wildman–Crippen LogP) is 7.35. The molecule has 2 aromatic rings. The van der Waals surface area contributed by atoms with Crippen LogP contribution >= 0.6 is 0 Å². The molecule has 2 aliphatic heterocycles. The zero-order valence-electron chi connectivity index (χ0n) is 21.5. The van der Waals surface area contributed by atoms with Gasteiger partial charge in [0, 0.05) is 38.1 Å². The van der Waals surface area contributed by atoms with Gasteiger partial charge in [0.15, 0.2) is 6.10 Å². The Morgan fingerprint density at radius 2 is 1.54 bits per heavy atom. The number of benzene rings is 1. The lowest BCUT2D eigenvalue weighted by Gasteiger charge is -2.30. The van der Waals surface area contributed by atoms with Gasteiger partial charge in [-0.3, -0.25) is 4.90 Å². The van der Waals surface area contributed by atoms with E-state index in [0.717, 1.165) is 11.0 Å². The van der Waals surface area contributed by atoms with Crippen molar-refractivity contribution in [1.82, 2.24) is 9.88 Å². The van der Waals surface area contributed by atoms with Crippen LogP contribution in [-0.4, -0.2) is 42.3 Å². The summed E-state index contributed by atoms with van der Waals surface area (Å²) in [6.07, 6.45) is -15.5. The molecule has 1 aromatic heterocycles. The van der Waals surface area contributed by atoms with Gasteiger partial charge in [-0.05, 0) is 49.1 Å². The largest absolute Gasteiger partial charge is 0.434 e. The van der Waals surface area contributed by atoms with E-state index in [2.05, 4.69) is 11.6 Å². The summed E-state index contributed by atoms with van der Waals surface area (Å²) >= 11 is 0. The summed E-state index contributed by atoms with van der Waals surface area (Å²) in [5.41, 5.74) is -5.43. The van der Waals surface area contributed by atoms with E-state index in [1.165, 1.54) is 0 Å². The van der Waals surface area contributed by atoms with Crippen molar-refractivity contribution < 1.29 is 53.8 Å². The van der Waals surface area contributed by atoms with E-state index in [1.54, 1.807) is 11.9 Å². The fourth-order valence-electron chi connectivity index (χ4n) is 4.76. The number of anilines is 1. The molecule has 0 bridgehead atoms. The molecule has 1 aromatic carbocycles. The molecule has 0 radical (unpaired) electrons. The van der Waals surface area contributed by atoms with Crippen LogP contribution in [0.2, 0.25) is 0 Å². The summed E-state index contributed by atoms with van der Waals surface area (Å²) < 4.78 is 131. The third-order valence-corrected chi connectivity index (χ3v) is 6.90. The maximum atomic E-state index is 13.6. The van der Waals surface area contributed by atoms with Gasteiger partial charge in [-0.25, -0.2) is 9.78 Å². The Bertz CT molecular complexity index is 1270. The van der Waals surface area contributed by atoms with Crippen molar-refractivity contribution in [2.75, 3.05) is 25.2 Å². The van der Waals surface area contributed by atoms with Crippen LogP contribution in [0.4, 0.5) is 50.1 Å². The second-order valence-corrected chi connectivity index (χ2v) is 9.69. The van der Waals surface area contributed by atoms with Crippen LogP contribution in [0.3, 0.4) is 0 Å². The monoisotopic (exact) mass is 597 g/mol. The number of halogens is 9. The van der Waals surface area contributed by atoms with Gasteiger partial charge in [-0.15, -0.1) is 0 Å². The van der Waals surface area contributed by atoms with Gasteiger partial charge < -0.3 is 14.4 Å². The molecule has 41 heavy (non-hydrogen) atoms. The molecule has 2 aliphatic rings. The Balaban J connectivity index is 1.70. The highest BCUT2D eigenvalue weighted by atomic mass is 19.4. The van der Waals surface area contributed by atoms with Gasteiger partial charge in [0.1, 0.15) is 5.82 Å². The lowest BCUT2D eigenvalue weighted by Crippen LogP contribution is -2.34. The number of carbonyl (C=O) groups is 1. The summed E-state index contributed by atoms with van der Waals surface area (Å²) in [5.74, 6) is 0.104. The molecule has 0 aliphatic carbocycles. The maximum Gasteiger partial charge on any atom is 0.417 e. The van der Waals surface area contributed by atoms with Crippen molar-refractivity contribution in [2.24, 2.45) is 0 Å². The van der Waals surface area contributed by atoms with E-state index in [1.807, 2.05) is 0 Å². The van der Waals surface area contributed by atoms with E-state index in [9.17, 15) is 44.3 Å². The normalized spacial score (nSPS) is 20.7. The molecule has 15 heteroatoms. The molecule has 2 fully saturated rings. The van der Waals surface area contributed by atoms with Crippen molar-refractivity contribution in [3.05, 3.63) is 70.6 Å². The fourth-order valence-corrected chi connectivity index (χ4v) is 4.76.